The minimum absolute atomic E-state index is 0.463. The Kier molecular flexibility index (Phi) is 8.58. The van der Waals surface area contributed by atoms with Crippen LogP contribution in [0.1, 0.15) is 84.6 Å². The minimum atomic E-state index is 0.463. The topological polar surface area (TPSA) is 12.0 Å². The van der Waals surface area contributed by atoms with Crippen LogP contribution in [0, 0.1) is 17.8 Å². The fraction of sp³-hybridized carbons (Fsp3) is 0.667. The van der Waals surface area contributed by atoms with E-state index in [4.69, 9.17) is 0 Å². The first kappa shape index (κ1) is 20.1. The molecular weight excluding hydrogens is 302 g/mol. The zero-order chi connectivity index (χ0) is 18.1. The molecule has 3 rings (SSSR count). The average molecular weight is 342 g/mol. The van der Waals surface area contributed by atoms with Crippen LogP contribution in [-0.2, 0) is 0 Å². The second-order valence-electron chi connectivity index (χ2n) is 8.51. The molecule has 0 bridgehead atoms. The molecular formula is C24H39N. The molecule has 1 N–H and O–H groups in total. The van der Waals surface area contributed by atoms with E-state index in [2.05, 4.69) is 69.4 Å². The number of benzene rings is 1. The molecule has 1 heteroatoms. The number of rotatable bonds is 5. The van der Waals surface area contributed by atoms with Gasteiger partial charge in [0, 0.05) is 11.7 Å². The van der Waals surface area contributed by atoms with Gasteiger partial charge in [-0.3, -0.25) is 0 Å². The first-order valence-corrected chi connectivity index (χ1v) is 10.6. The van der Waals surface area contributed by atoms with E-state index in [0.29, 0.717) is 6.04 Å². The van der Waals surface area contributed by atoms with Crippen molar-refractivity contribution < 1.29 is 0 Å². The van der Waals surface area contributed by atoms with Gasteiger partial charge in [0.05, 0.1) is 0 Å². The van der Waals surface area contributed by atoms with Crippen molar-refractivity contribution in [3.63, 3.8) is 0 Å². The monoisotopic (exact) mass is 341 g/mol. The summed E-state index contributed by atoms with van der Waals surface area (Å²) in [5, 5.41) is 3.37. The van der Waals surface area contributed by atoms with Crippen molar-refractivity contribution in [2.24, 2.45) is 17.8 Å². The molecule has 0 radical (unpaired) electrons. The molecule has 1 saturated carbocycles. The molecule has 1 fully saturated rings. The quantitative estimate of drug-likeness (QED) is 0.545. The Morgan fingerprint density at radius 1 is 0.920 bits per heavy atom. The average Bonchev–Trinajstić information content (AvgIpc) is 2.58. The van der Waals surface area contributed by atoms with E-state index in [1.807, 2.05) is 0 Å². The largest absolute Gasteiger partial charge is 0.379 e. The van der Waals surface area contributed by atoms with E-state index in [1.54, 1.807) is 0 Å². The summed E-state index contributed by atoms with van der Waals surface area (Å²) >= 11 is 0. The molecule has 3 unspecified atom stereocenters. The number of hydrogen-bond donors (Lipinski definition) is 1. The SMILES string of the molecule is CC1C=Cc2ccccc2N1.CCCCCCC1CC(C)CC(C)C1. The Bertz CT molecular complexity index is 509. The maximum atomic E-state index is 3.37. The van der Waals surface area contributed by atoms with Crippen molar-refractivity contribution in [2.75, 3.05) is 5.32 Å². The summed E-state index contributed by atoms with van der Waals surface area (Å²) < 4.78 is 0. The lowest BCUT2D eigenvalue weighted by molar-refractivity contribution is 0.206. The Morgan fingerprint density at radius 3 is 2.36 bits per heavy atom. The van der Waals surface area contributed by atoms with Crippen LogP contribution in [-0.4, -0.2) is 6.04 Å². The van der Waals surface area contributed by atoms with E-state index in [-0.39, 0.29) is 0 Å². The second-order valence-corrected chi connectivity index (χ2v) is 8.51. The summed E-state index contributed by atoms with van der Waals surface area (Å²) in [5.74, 6) is 3.05. The van der Waals surface area contributed by atoms with Crippen LogP contribution in [0.3, 0.4) is 0 Å². The molecule has 0 saturated heterocycles. The van der Waals surface area contributed by atoms with Crippen LogP contribution in [0.4, 0.5) is 5.69 Å². The maximum absolute atomic E-state index is 3.37. The molecule has 1 aromatic carbocycles. The summed E-state index contributed by atoms with van der Waals surface area (Å²) in [6, 6.07) is 8.79. The zero-order valence-electron chi connectivity index (χ0n) is 16.9. The summed E-state index contributed by atoms with van der Waals surface area (Å²) in [4.78, 5) is 0. The lowest BCUT2D eigenvalue weighted by Gasteiger charge is -2.31. The van der Waals surface area contributed by atoms with Crippen molar-refractivity contribution in [2.45, 2.75) is 85.1 Å². The van der Waals surface area contributed by atoms with Crippen molar-refractivity contribution in [3.8, 4) is 0 Å². The lowest BCUT2D eigenvalue weighted by atomic mass is 9.75. The molecule has 140 valence electrons. The number of hydrogen-bond acceptors (Lipinski definition) is 1. The van der Waals surface area contributed by atoms with E-state index in [1.165, 1.54) is 62.6 Å². The van der Waals surface area contributed by atoms with Gasteiger partial charge < -0.3 is 5.32 Å². The molecule has 25 heavy (non-hydrogen) atoms. The third kappa shape index (κ3) is 7.26. The van der Waals surface area contributed by atoms with Crippen LogP contribution >= 0.6 is 0 Å². The summed E-state index contributed by atoms with van der Waals surface area (Å²) in [6.07, 6.45) is 16.1. The molecule has 1 heterocycles. The standard InChI is InChI=1S/C14H28.C10H11N/c1-4-5-6-7-8-14-10-12(2)9-13(3)11-14;1-8-6-7-9-4-2-3-5-10(9)11-8/h12-14H,4-11H2,1-3H3;2-8,11H,1H3. The molecule has 1 aliphatic heterocycles. The third-order valence-corrected chi connectivity index (χ3v) is 5.65. The Hall–Kier alpha value is -1.24. The predicted molar refractivity (Wildman–Crippen MR) is 113 cm³/mol. The second kappa shape index (κ2) is 10.7. The first-order chi connectivity index (χ1) is 12.1. The Balaban J connectivity index is 0.000000185. The zero-order valence-corrected chi connectivity index (χ0v) is 16.9. The van der Waals surface area contributed by atoms with Gasteiger partial charge in [0.25, 0.3) is 0 Å². The third-order valence-electron chi connectivity index (χ3n) is 5.65. The van der Waals surface area contributed by atoms with Crippen molar-refractivity contribution in [1.82, 2.24) is 0 Å². The van der Waals surface area contributed by atoms with Gasteiger partial charge in [0.15, 0.2) is 0 Å². The lowest BCUT2D eigenvalue weighted by Crippen LogP contribution is -2.19. The highest BCUT2D eigenvalue weighted by atomic mass is 14.9. The number of para-hydroxylation sites is 1. The smallest absolute Gasteiger partial charge is 0.0419 e. The van der Waals surface area contributed by atoms with Gasteiger partial charge in [-0.15, -0.1) is 0 Å². The fourth-order valence-corrected chi connectivity index (χ4v) is 4.52. The van der Waals surface area contributed by atoms with Crippen molar-refractivity contribution in [3.05, 3.63) is 35.9 Å². The van der Waals surface area contributed by atoms with E-state index >= 15 is 0 Å². The number of anilines is 1. The maximum Gasteiger partial charge on any atom is 0.0419 e. The summed E-state index contributed by atoms with van der Waals surface area (Å²) in [5.41, 5.74) is 2.52. The predicted octanol–water partition coefficient (Wildman–Crippen LogP) is 7.54. The molecule has 2 aliphatic rings. The van der Waals surface area contributed by atoms with Gasteiger partial charge in [0.2, 0.25) is 0 Å². The molecule has 0 spiro atoms. The molecule has 3 atom stereocenters. The summed E-state index contributed by atoms with van der Waals surface area (Å²) in [6.45, 7) is 9.32. The van der Waals surface area contributed by atoms with Crippen LogP contribution in [0.2, 0.25) is 0 Å². The van der Waals surface area contributed by atoms with Gasteiger partial charge in [0.1, 0.15) is 0 Å². The van der Waals surface area contributed by atoms with Gasteiger partial charge in [-0.25, -0.2) is 0 Å². The molecule has 0 amide bonds. The Morgan fingerprint density at radius 2 is 1.64 bits per heavy atom. The highest BCUT2D eigenvalue weighted by Crippen LogP contribution is 2.35. The Labute approximate surface area is 156 Å². The van der Waals surface area contributed by atoms with Crippen molar-refractivity contribution >= 4 is 11.8 Å². The number of fused-ring (bicyclic) bond motifs is 1. The number of unbranched alkanes of at least 4 members (excludes halogenated alkanes) is 3. The van der Waals surface area contributed by atoms with Crippen LogP contribution in [0.15, 0.2) is 30.3 Å². The van der Waals surface area contributed by atoms with E-state index < -0.39 is 0 Å². The molecule has 1 nitrogen and oxygen atoms in total. The van der Waals surface area contributed by atoms with Crippen LogP contribution in [0.5, 0.6) is 0 Å². The summed E-state index contributed by atoms with van der Waals surface area (Å²) in [7, 11) is 0. The molecule has 0 aromatic heterocycles. The van der Waals surface area contributed by atoms with E-state index in [9.17, 15) is 0 Å². The molecule has 1 aromatic rings. The van der Waals surface area contributed by atoms with E-state index in [0.717, 1.165) is 17.8 Å². The number of nitrogens with one attached hydrogen (secondary N) is 1. The highest BCUT2D eigenvalue weighted by molar-refractivity contribution is 5.70. The highest BCUT2D eigenvalue weighted by Gasteiger charge is 2.23. The van der Waals surface area contributed by atoms with Gasteiger partial charge in [-0.1, -0.05) is 83.2 Å². The van der Waals surface area contributed by atoms with Crippen LogP contribution < -0.4 is 5.32 Å². The molecule has 1 aliphatic carbocycles. The normalized spacial score (nSPS) is 27.7. The fourth-order valence-electron chi connectivity index (χ4n) is 4.52. The van der Waals surface area contributed by atoms with Crippen LogP contribution in [0.25, 0.3) is 6.08 Å². The van der Waals surface area contributed by atoms with Crippen molar-refractivity contribution in [1.29, 1.82) is 0 Å². The van der Waals surface area contributed by atoms with Gasteiger partial charge in [-0.05, 0) is 55.6 Å². The van der Waals surface area contributed by atoms with Gasteiger partial charge >= 0.3 is 0 Å². The first-order valence-electron chi connectivity index (χ1n) is 10.6. The minimum Gasteiger partial charge on any atom is -0.379 e. The van der Waals surface area contributed by atoms with Gasteiger partial charge in [-0.2, -0.15) is 0 Å².